The molecule has 0 aliphatic rings. The first-order valence-corrected chi connectivity index (χ1v) is 2.86. The van der Waals surface area contributed by atoms with Crippen LogP contribution >= 0.6 is 0 Å². The molecule has 1 radical (unpaired) electrons. The Balaban J connectivity index is 4.78. The van der Waals surface area contributed by atoms with Gasteiger partial charge in [-0.25, -0.2) is 4.39 Å². The molecule has 0 rings (SSSR count). The van der Waals surface area contributed by atoms with Crippen LogP contribution < -0.4 is 0 Å². The van der Waals surface area contributed by atoms with Crippen molar-refractivity contribution in [2.24, 2.45) is 0 Å². The van der Waals surface area contributed by atoms with Gasteiger partial charge in [-0.05, 0) is 0 Å². The van der Waals surface area contributed by atoms with E-state index in [-0.39, 0.29) is 0 Å². The molecular weight excluding hydrogens is 247 g/mol. The van der Waals surface area contributed by atoms with E-state index in [1.54, 1.807) is 0 Å². The van der Waals surface area contributed by atoms with Crippen LogP contribution in [0.2, 0.25) is 0 Å². The molecular formula is C5F9O. The molecule has 0 spiro atoms. The zero-order valence-electron chi connectivity index (χ0n) is 6.31. The van der Waals surface area contributed by atoms with E-state index in [1.807, 2.05) is 0 Å². The van der Waals surface area contributed by atoms with Crippen LogP contribution in [0.5, 0.6) is 0 Å². The van der Waals surface area contributed by atoms with E-state index in [4.69, 9.17) is 0 Å². The largest absolute Gasteiger partial charge is 0.448 e. The monoisotopic (exact) mass is 247 g/mol. The maximum absolute atomic E-state index is 12.0. The second-order valence-electron chi connectivity index (χ2n) is 1.96. The Morgan fingerprint density at radius 2 is 1.20 bits per heavy atom. The van der Waals surface area contributed by atoms with Crippen LogP contribution in [-0.4, -0.2) is 12.3 Å². The molecule has 10 heteroatoms. The summed E-state index contributed by atoms with van der Waals surface area (Å²) in [6.45, 7) is 0. The molecule has 0 amide bonds. The Bertz CT molecular complexity index is 250. The first-order valence-electron chi connectivity index (χ1n) is 2.86. The van der Waals surface area contributed by atoms with Crippen LogP contribution in [0.25, 0.3) is 0 Å². The van der Waals surface area contributed by atoms with Gasteiger partial charge in [0, 0.05) is 0 Å². The lowest BCUT2D eigenvalue weighted by Crippen LogP contribution is -2.36. The van der Waals surface area contributed by atoms with E-state index >= 15 is 0 Å². The summed E-state index contributed by atoms with van der Waals surface area (Å²) in [6.07, 6.45) is -19.5. The van der Waals surface area contributed by atoms with Crippen molar-refractivity contribution in [3.05, 3.63) is 18.3 Å². The van der Waals surface area contributed by atoms with Gasteiger partial charge in [-0.15, -0.1) is 0 Å². The molecule has 1 nitrogen and oxygen atoms in total. The van der Waals surface area contributed by atoms with E-state index in [2.05, 4.69) is 4.74 Å². The molecule has 0 fully saturated rings. The minimum Gasteiger partial charge on any atom is -0.399 e. The average Bonchev–Trinajstić information content (AvgIpc) is 2.00. The molecule has 0 saturated carbocycles. The Morgan fingerprint density at radius 1 is 0.800 bits per heavy atom. The molecule has 0 aromatic rings. The predicted molar refractivity (Wildman–Crippen MR) is 26.8 cm³/mol. The predicted octanol–water partition coefficient (Wildman–Crippen LogP) is 3.69. The number of alkyl halides is 5. The van der Waals surface area contributed by atoms with E-state index in [9.17, 15) is 39.5 Å². The van der Waals surface area contributed by atoms with Gasteiger partial charge in [0.2, 0.25) is 0 Å². The second kappa shape index (κ2) is 4.19. The number of ether oxygens (including phenoxy) is 1. The molecule has 0 bridgehead atoms. The van der Waals surface area contributed by atoms with Crippen LogP contribution in [0.4, 0.5) is 39.5 Å². The van der Waals surface area contributed by atoms with Gasteiger partial charge < -0.3 is 4.74 Å². The first kappa shape index (κ1) is 13.9. The summed E-state index contributed by atoms with van der Waals surface area (Å²) in [7, 11) is 0. The molecule has 0 unspecified atom stereocenters. The lowest BCUT2D eigenvalue weighted by Gasteiger charge is -2.20. The highest BCUT2D eigenvalue weighted by Crippen LogP contribution is 2.43. The standard InChI is InChI=1S/C5F9O/c6-1(7)2(8)15-5(13,14)3(9)4(10,11)12. The summed E-state index contributed by atoms with van der Waals surface area (Å²) < 4.78 is 106. The molecule has 0 aromatic heterocycles. The highest BCUT2D eigenvalue weighted by atomic mass is 19.4. The molecule has 0 saturated heterocycles. The van der Waals surface area contributed by atoms with Crippen molar-refractivity contribution in [2.75, 3.05) is 0 Å². The minimum absolute atomic E-state index is 2.19. The molecule has 0 aromatic carbocycles. The summed E-state index contributed by atoms with van der Waals surface area (Å²) in [5.41, 5.74) is 0. The molecule has 89 valence electrons. The van der Waals surface area contributed by atoms with E-state index in [0.717, 1.165) is 0 Å². The maximum Gasteiger partial charge on any atom is 0.448 e. The SMILES string of the molecule is F[C](C(F)(F)F)C(F)(F)OC(F)=C(F)F. The van der Waals surface area contributed by atoms with Gasteiger partial charge in [-0.3, -0.25) is 0 Å². The topological polar surface area (TPSA) is 9.23 Å². The summed E-state index contributed by atoms with van der Waals surface area (Å²) in [5, 5.41) is 0. The Hall–Kier alpha value is -1.09. The Morgan fingerprint density at radius 3 is 1.47 bits per heavy atom. The van der Waals surface area contributed by atoms with E-state index < -0.39 is 30.6 Å². The van der Waals surface area contributed by atoms with Crippen molar-refractivity contribution >= 4 is 0 Å². The van der Waals surface area contributed by atoms with Gasteiger partial charge in [0.1, 0.15) is 0 Å². The fraction of sp³-hybridized carbons (Fsp3) is 0.400. The van der Waals surface area contributed by atoms with Gasteiger partial charge in [0.05, 0.1) is 0 Å². The van der Waals surface area contributed by atoms with Crippen LogP contribution in [-0.2, 0) is 4.74 Å². The number of halogens is 9. The Labute approximate surface area is 76.1 Å². The second-order valence-corrected chi connectivity index (χ2v) is 1.96. The average molecular weight is 247 g/mol. The lowest BCUT2D eigenvalue weighted by atomic mass is 10.3. The summed E-state index contributed by atoms with van der Waals surface area (Å²) in [4.78, 5) is 0. The third-order valence-corrected chi connectivity index (χ3v) is 0.871. The first-order chi connectivity index (χ1) is 6.48. The van der Waals surface area contributed by atoms with Crippen molar-refractivity contribution in [3.63, 3.8) is 0 Å². The fourth-order valence-corrected chi connectivity index (χ4v) is 0.361. The third kappa shape index (κ3) is 3.88. The van der Waals surface area contributed by atoms with Crippen molar-refractivity contribution < 1.29 is 44.3 Å². The van der Waals surface area contributed by atoms with E-state index in [1.165, 1.54) is 0 Å². The quantitative estimate of drug-likeness (QED) is 0.545. The van der Waals surface area contributed by atoms with Crippen LogP contribution in [0.15, 0.2) is 12.1 Å². The maximum atomic E-state index is 12.0. The highest BCUT2D eigenvalue weighted by molar-refractivity contribution is 4.97. The van der Waals surface area contributed by atoms with Crippen molar-refractivity contribution in [3.8, 4) is 0 Å². The van der Waals surface area contributed by atoms with Crippen LogP contribution in [0.3, 0.4) is 0 Å². The van der Waals surface area contributed by atoms with Gasteiger partial charge in [0.25, 0.3) is 0 Å². The zero-order chi connectivity index (χ0) is 12.4. The smallest absolute Gasteiger partial charge is 0.399 e. The molecule has 0 N–H and O–H groups in total. The molecule has 0 aliphatic heterocycles. The normalized spacial score (nSPS) is 12.9. The number of hydrogen-bond donors (Lipinski definition) is 0. The number of hydrogen-bond acceptors (Lipinski definition) is 1. The van der Waals surface area contributed by atoms with Gasteiger partial charge in [-0.1, -0.05) is 0 Å². The lowest BCUT2D eigenvalue weighted by molar-refractivity contribution is -0.284. The fourth-order valence-electron chi connectivity index (χ4n) is 0.361. The minimum atomic E-state index is -6.14. The molecule has 0 aliphatic carbocycles. The van der Waals surface area contributed by atoms with Crippen LogP contribution in [0, 0.1) is 6.17 Å². The van der Waals surface area contributed by atoms with Gasteiger partial charge in [0.15, 0.2) is 0 Å². The zero-order valence-corrected chi connectivity index (χ0v) is 6.31. The molecule has 0 heterocycles. The summed E-state index contributed by atoms with van der Waals surface area (Å²) >= 11 is 0. The summed E-state index contributed by atoms with van der Waals surface area (Å²) in [6, 6.07) is -3.29. The Kier molecular flexibility index (Phi) is 3.88. The van der Waals surface area contributed by atoms with Crippen molar-refractivity contribution in [2.45, 2.75) is 12.3 Å². The van der Waals surface area contributed by atoms with Crippen molar-refractivity contribution in [1.82, 2.24) is 0 Å². The van der Waals surface area contributed by atoms with Gasteiger partial charge >= 0.3 is 30.6 Å². The van der Waals surface area contributed by atoms with Crippen molar-refractivity contribution in [1.29, 1.82) is 0 Å². The third-order valence-electron chi connectivity index (χ3n) is 0.871. The molecule has 15 heavy (non-hydrogen) atoms. The van der Waals surface area contributed by atoms with Gasteiger partial charge in [-0.2, -0.15) is 35.1 Å². The molecule has 0 atom stereocenters. The summed E-state index contributed by atoms with van der Waals surface area (Å²) in [5.74, 6) is 0. The number of rotatable bonds is 3. The van der Waals surface area contributed by atoms with E-state index in [0.29, 0.717) is 0 Å². The highest BCUT2D eigenvalue weighted by Gasteiger charge is 2.62. The van der Waals surface area contributed by atoms with Crippen LogP contribution in [0.1, 0.15) is 0 Å².